The number of hydrogen-bond acceptors (Lipinski definition) is 3. The van der Waals surface area contributed by atoms with Crippen molar-refractivity contribution in [1.82, 2.24) is 15.1 Å². The standard InChI is InChI=1S/C14H24N4O/c1-10-3-5-11(6-4-10)7-16-14(19)13(15)12-8-17-18(2)9-12/h8-11,13H,3-7,15H2,1-2H3,(H,16,19). The molecule has 3 N–H and O–H groups in total. The summed E-state index contributed by atoms with van der Waals surface area (Å²) in [5, 5.41) is 7.01. The maximum atomic E-state index is 12.0. The monoisotopic (exact) mass is 264 g/mol. The van der Waals surface area contributed by atoms with Gasteiger partial charge in [-0.3, -0.25) is 9.48 Å². The van der Waals surface area contributed by atoms with Crippen LogP contribution in [0, 0.1) is 11.8 Å². The maximum Gasteiger partial charge on any atom is 0.241 e. The molecule has 1 fully saturated rings. The van der Waals surface area contributed by atoms with Gasteiger partial charge in [-0.25, -0.2) is 0 Å². The zero-order valence-electron chi connectivity index (χ0n) is 11.8. The zero-order chi connectivity index (χ0) is 13.8. The highest BCUT2D eigenvalue weighted by Crippen LogP contribution is 2.27. The van der Waals surface area contributed by atoms with E-state index in [0.717, 1.165) is 18.0 Å². The molecule has 0 aliphatic heterocycles. The molecule has 1 unspecified atom stereocenters. The van der Waals surface area contributed by atoms with Crippen molar-refractivity contribution < 1.29 is 4.79 Å². The second-order valence-electron chi connectivity index (χ2n) is 5.80. The SMILES string of the molecule is CC1CCC(CNC(=O)C(N)c2cnn(C)c2)CC1. The van der Waals surface area contributed by atoms with Crippen molar-refractivity contribution >= 4 is 5.91 Å². The van der Waals surface area contributed by atoms with Crippen molar-refractivity contribution in [2.24, 2.45) is 24.6 Å². The van der Waals surface area contributed by atoms with Gasteiger partial charge < -0.3 is 11.1 Å². The second kappa shape index (κ2) is 6.19. The van der Waals surface area contributed by atoms with Crippen LogP contribution in [0.2, 0.25) is 0 Å². The van der Waals surface area contributed by atoms with E-state index in [0.29, 0.717) is 5.92 Å². The zero-order valence-corrected chi connectivity index (χ0v) is 11.8. The highest BCUT2D eigenvalue weighted by atomic mass is 16.2. The van der Waals surface area contributed by atoms with Crippen LogP contribution >= 0.6 is 0 Å². The van der Waals surface area contributed by atoms with Crippen LogP contribution in [-0.2, 0) is 11.8 Å². The van der Waals surface area contributed by atoms with Gasteiger partial charge >= 0.3 is 0 Å². The quantitative estimate of drug-likeness (QED) is 0.862. The van der Waals surface area contributed by atoms with Crippen LogP contribution in [0.1, 0.15) is 44.2 Å². The summed E-state index contributed by atoms with van der Waals surface area (Å²) in [4.78, 5) is 12.0. The smallest absolute Gasteiger partial charge is 0.241 e. The van der Waals surface area contributed by atoms with E-state index in [1.165, 1.54) is 25.7 Å². The predicted molar refractivity (Wildman–Crippen MR) is 74.3 cm³/mol. The maximum absolute atomic E-state index is 12.0. The minimum Gasteiger partial charge on any atom is -0.354 e. The average molecular weight is 264 g/mol. The van der Waals surface area contributed by atoms with Gasteiger partial charge in [0.25, 0.3) is 0 Å². The molecular formula is C14H24N4O. The lowest BCUT2D eigenvalue weighted by atomic mass is 9.83. The Kier molecular flexibility index (Phi) is 4.58. The Morgan fingerprint density at radius 1 is 1.53 bits per heavy atom. The summed E-state index contributed by atoms with van der Waals surface area (Å²) in [6.45, 7) is 3.05. The van der Waals surface area contributed by atoms with Crippen molar-refractivity contribution in [2.45, 2.75) is 38.6 Å². The Morgan fingerprint density at radius 3 is 2.79 bits per heavy atom. The molecule has 0 aromatic carbocycles. The Hall–Kier alpha value is -1.36. The molecule has 1 aliphatic rings. The lowest BCUT2D eigenvalue weighted by Crippen LogP contribution is -2.37. The van der Waals surface area contributed by atoms with Crippen LogP contribution in [0.3, 0.4) is 0 Å². The highest BCUT2D eigenvalue weighted by molar-refractivity contribution is 5.82. The van der Waals surface area contributed by atoms with E-state index in [-0.39, 0.29) is 5.91 Å². The Bertz CT molecular complexity index is 421. The Balaban J connectivity index is 1.78. The first kappa shape index (κ1) is 14.1. The molecule has 1 aromatic heterocycles. The van der Waals surface area contributed by atoms with E-state index in [9.17, 15) is 4.79 Å². The largest absolute Gasteiger partial charge is 0.354 e. The molecule has 19 heavy (non-hydrogen) atoms. The molecule has 106 valence electrons. The Labute approximate surface area is 114 Å². The van der Waals surface area contributed by atoms with Gasteiger partial charge in [0.2, 0.25) is 5.91 Å². The van der Waals surface area contributed by atoms with Gasteiger partial charge in [0, 0.05) is 25.4 Å². The molecule has 0 spiro atoms. The molecule has 1 amide bonds. The number of carbonyl (C=O) groups excluding carboxylic acids is 1. The fourth-order valence-electron chi connectivity index (χ4n) is 2.64. The van der Waals surface area contributed by atoms with E-state index in [4.69, 9.17) is 5.73 Å². The van der Waals surface area contributed by atoms with Crippen LogP contribution in [0.5, 0.6) is 0 Å². The van der Waals surface area contributed by atoms with Crippen LogP contribution in [0.15, 0.2) is 12.4 Å². The third-order valence-corrected chi connectivity index (χ3v) is 4.07. The molecule has 1 heterocycles. The topological polar surface area (TPSA) is 72.9 Å². The molecule has 0 saturated heterocycles. The van der Waals surface area contributed by atoms with Crippen LogP contribution in [-0.4, -0.2) is 22.2 Å². The fourth-order valence-corrected chi connectivity index (χ4v) is 2.64. The molecule has 1 saturated carbocycles. The van der Waals surface area contributed by atoms with E-state index in [1.54, 1.807) is 17.1 Å². The normalized spacial score (nSPS) is 25.0. The summed E-state index contributed by atoms with van der Waals surface area (Å²) in [5.74, 6) is 1.34. The first-order chi connectivity index (χ1) is 9.06. The lowest BCUT2D eigenvalue weighted by molar-refractivity contribution is -0.122. The molecule has 2 rings (SSSR count). The summed E-state index contributed by atoms with van der Waals surface area (Å²) >= 11 is 0. The molecule has 1 atom stereocenters. The van der Waals surface area contributed by atoms with Crippen molar-refractivity contribution in [3.8, 4) is 0 Å². The van der Waals surface area contributed by atoms with Gasteiger partial charge in [0.1, 0.15) is 6.04 Å². The van der Waals surface area contributed by atoms with Gasteiger partial charge in [-0.05, 0) is 24.7 Å². The summed E-state index contributed by atoms with van der Waals surface area (Å²) in [7, 11) is 1.82. The number of aryl methyl sites for hydroxylation is 1. The first-order valence-corrected chi connectivity index (χ1v) is 7.08. The minimum absolute atomic E-state index is 0.105. The van der Waals surface area contributed by atoms with E-state index in [1.807, 2.05) is 7.05 Å². The number of hydrogen-bond donors (Lipinski definition) is 2. The molecule has 5 nitrogen and oxygen atoms in total. The highest BCUT2D eigenvalue weighted by Gasteiger charge is 2.21. The summed E-state index contributed by atoms with van der Waals surface area (Å²) in [6.07, 6.45) is 8.40. The minimum atomic E-state index is -0.615. The van der Waals surface area contributed by atoms with Gasteiger partial charge in [-0.2, -0.15) is 5.10 Å². The van der Waals surface area contributed by atoms with E-state index < -0.39 is 6.04 Å². The van der Waals surface area contributed by atoms with Crippen LogP contribution in [0.25, 0.3) is 0 Å². The van der Waals surface area contributed by atoms with Crippen LogP contribution in [0.4, 0.5) is 0 Å². The van der Waals surface area contributed by atoms with Crippen molar-refractivity contribution in [1.29, 1.82) is 0 Å². The summed E-state index contributed by atoms with van der Waals surface area (Å²) in [6, 6.07) is -0.615. The molecule has 0 radical (unpaired) electrons. The molecular weight excluding hydrogens is 240 g/mol. The number of amides is 1. The molecule has 0 bridgehead atoms. The third kappa shape index (κ3) is 3.80. The van der Waals surface area contributed by atoms with Crippen molar-refractivity contribution in [3.63, 3.8) is 0 Å². The predicted octanol–water partition coefficient (Wildman–Crippen LogP) is 1.36. The number of nitrogens with zero attached hydrogens (tertiary/aromatic N) is 2. The van der Waals surface area contributed by atoms with Crippen LogP contribution < -0.4 is 11.1 Å². The fraction of sp³-hybridized carbons (Fsp3) is 0.714. The summed E-state index contributed by atoms with van der Waals surface area (Å²) < 4.78 is 1.66. The van der Waals surface area contributed by atoms with Crippen molar-refractivity contribution in [2.75, 3.05) is 6.54 Å². The van der Waals surface area contributed by atoms with Gasteiger partial charge in [-0.15, -0.1) is 0 Å². The summed E-state index contributed by atoms with van der Waals surface area (Å²) in [5.41, 5.74) is 6.69. The number of carbonyl (C=O) groups is 1. The Morgan fingerprint density at radius 2 is 2.21 bits per heavy atom. The van der Waals surface area contributed by atoms with E-state index in [2.05, 4.69) is 17.3 Å². The first-order valence-electron chi connectivity index (χ1n) is 7.08. The molecule has 1 aromatic rings. The lowest BCUT2D eigenvalue weighted by Gasteiger charge is -2.26. The van der Waals surface area contributed by atoms with E-state index >= 15 is 0 Å². The number of rotatable bonds is 4. The third-order valence-electron chi connectivity index (χ3n) is 4.07. The number of aromatic nitrogens is 2. The molecule has 1 aliphatic carbocycles. The van der Waals surface area contributed by atoms with Gasteiger partial charge in [0.15, 0.2) is 0 Å². The number of nitrogens with two attached hydrogens (primary N) is 1. The van der Waals surface area contributed by atoms with Crippen molar-refractivity contribution in [3.05, 3.63) is 18.0 Å². The van der Waals surface area contributed by atoms with Gasteiger partial charge in [0.05, 0.1) is 6.20 Å². The van der Waals surface area contributed by atoms with Gasteiger partial charge in [-0.1, -0.05) is 19.8 Å². The average Bonchev–Trinajstić information content (AvgIpc) is 2.83. The number of nitrogens with one attached hydrogen (secondary N) is 1. The molecule has 5 heteroatoms. The second-order valence-corrected chi connectivity index (χ2v) is 5.80.